The highest BCUT2D eigenvalue weighted by molar-refractivity contribution is 4.77. The summed E-state index contributed by atoms with van der Waals surface area (Å²) in [6.07, 6.45) is -15.1. The third kappa shape index (κ3) is 7.05. The highest BCUT2D eigenvalue weighted by Crippen LogP contribution is 2.36. The van der Waals surface area contributed by atoms with Gasteiger partial charge in [-0.25, -0.2) is 0 Å². The van der Waals surface area contributed by atoms with E-state index in [4.69, 9.17) is 0 Å². The number of halogens is 6. The molecule has 1 atom stereocenters. The maximum absolute atomic E-state index is 12.2. The van der Waals surface area contributed by atoms with Crippen molar-refractivity contribution in [3.63, 3.8) is 0 Å². The molecule has 0 radical (unpaired) electrons. The minimum Gasteiger partial charge on any atom is -0.358 e. The molecule has 0 spiro atoms. The maximum Gasteiger partial charge on any atom is 0.423 e. The second kappa shape index (κ2) is 7.18. The summed E-state index contributed by atoms with van der Waals surface area (Å²) in [6, 6.07) is 0. The summed E-state index contributed by atoms with van der Waals surface area (Å²) in [5.41, 5.74) is 0. The fourth-order valence-corrected chi connectivity index (χ4v) is 1.33. The number of alkyl halides is 6. The van der Waals surface area contributed by atoms with Gasteiger partial charge in [0.1, 0.15) is 0 Å². The van der Waals surface area contributed by atoms with Crippen LogP contribution in [-0.2, 0) is 4.74 Å². The molecule has 1 N–H and O–H groups in total. The van der Waals surface area contributed by atoms with Crippen molar-refractivity contribution in [3.8, 4) is 0 Å². The fourth-order valence-electron chi connectivity index (χ4n) is 1.33. The molecule has 2 nitrogen and oxygen atoms in total. The highest BCUT2D eigenvalue weighted by atomic mass is 19.4. The molecule has 0 aromatic rings. The van der Waals surface area contributed by atoms with Crippen molar-refractivity contribution in [2.24, 2.45) is 0 Å². The Morgan fingerprint density at radius 2 is 1.56 bits per heavy atom. The van der Waals surface area contributed by atoms with Crippen LogP contribution in [0, 0.1) is 0 Å². The van der Waals surface area contributed by atoms with Crippen LogP contribution in [-0.4, -0.2) is 37.7 Å². The smallest absolute Gasteiger partial charge is 0.358 e. The van der Waals surface area contributed by atoms with Gasteiger partial charge in [-0.3, -0.25) is 0 Å². The highest BCUT2D eigenvalue weighted by Gasteiger charge is 2.58. The molecule has 0 amide bonds. The quantitative estimate of drug-likeness (QED) is 0.571. The van der Waals surface area contributed by atoms with Crippen molar-refractivity contribution >= 4 is 0 Å². The summed E-state index contributed by atoms with van der Waals surface area (Å²) in [4.78, 5) is 0. The summed E-state index contributed by atoms with van der Waals surface area (Å²) in [5.74, 6) is 0. The lowest BCUT2D eigenvalue weighted by Crippen LogP contribution is -2.46. The average molecular weight is 281 g/mol. The first kappa shape index (κ1) is 17.5. The second-order valence-electron chi connectivity index (χ2n) is 3.91. The Hall–Kier alpha value is -0.500. The van der Waals surface area contributed by atoms with Crippen LogP contribution >= 0.6 is 0 Å². The van der Waals surface area contributed by atoms with Crippen LogP contribution in [0.1, 0.15) is 26.7 Å². The van der Waals surface area contributed by atoms with E-state index < -0.39 is 24.6 Å². The maximum atomic E-state index is 12.2. The van der Waals surface area contributed by atoms with Crippen molar-refractivity contribution < 1.29 is 31.1 Å². The van der Waals surface area contributed by atoms with E-state index >= 15 is 0 Å². The number of nitrogens with one attached hydrogen (secondary N) is 1. The Morgan fingerprint density at radius 3 is 1.94 bits per heavy atom. The molecule has 0 saturated heterocycles. The van der Waals surface area contributed by atoms with Crippen LogP contribution in [0.5, 0.6) is 0 Å². The standard InChI is InChI=1S/C10H17F6NO/c1-3-17-6-4-5-7(2)18-8(9(11,12)13)10(14,15)16/h7-8,17H,3-6H2,1-2H3. The molecular weight excluding hydrogens is 264 g/mol. The molecule has 0 fully saturated rings. The zero-order chi connectivity index (χ0) is 14.4. The van der Waals surface area contributed by atoms with Crippen molar-refractivity contribution in [1.29, 1.82) is 0 Å². The van der Waals surface area contributed by atoms with Crippen molar-refractivity contribution in [1.82, 2.24) is 5.32 Å². The molecule has 0 saturated carbocycles. The van der Waals surface area contributed by atoms with Gasteiger partial charge in [-0.1, -0.05) is 6.92 Å². The first-order valence-corrected chi connectivity index (χ1v) is 5.58. The Morgan fingerprint density at radius 1 is 1.06 bits per heavy atom. The van der Waals surface area contributed by atoms with Crippen molar-refractivity contribution in [2.45, 2.75) is 51.2 Å². The Bertz CT molecular complexity index is 213. The van der Waals surface area contributed by atoms with Gasteiger partial charge in [0.2, 0.25) is 6.10 Å². The normalized spacial score (nSPS) is 15.2. The van der Waals surface area contributed by atoms with Gasteiger partial charge in [-0.05, 0) is 32.9 Å². The van der Waals surface area contributed by atoms with Crippen molar-refractivity contribution in [2.75, 3.05) is 13.1 Å². The van der Waals surface area contributed by atoms with Crippen molar-refractivity contribution in [3.05, 3.63) is 0 Å². The van der Waals surface area contributed by atoms with Crippen LogP contribution < -0.4 is 5.32 Å². The molecule has 1 unspecified atom stereocenters. The lowest BCUT2D eigenvalue weighted by molar-refractivity contribution is -0.330. The Balaban J connectivity index is 4.25. The minimum absolute atomic E-state index is 0.135. The number of ether oxygens (including phenoxy) is 1. The lowest BCUT2D eigenvalue weighted by Gasteiger charge is -2.26. The molecule has 110 valence electrons. The first-order valence-electron chi connectivity index (χ1n) is 5.58. The molecular formula is C10H17F6NO. The molecule has 0 heterocycles. The van der Waals surface area contributed by atoms with Gasteiger partial charge < -0.3 is 10.1 Å². The van der Waals surface area contributed by atoms with E-state index in [1.807, 2.05) is 6.92 Å². The van der Waals surface area contributed by atoms with E-state index in [1.165, 1.54) is 6.92 Å². The van der Waals surface area contributed by atoms with E-state index in [9.17, 15) is 26.3 Å². The van der Waals surface area contributed by atoms with E-state index in [1.54, 1.807) is 0 Å². The second-order valence-corrected chi connectivity index (χ2v) is 3.91. The molecule has 0 aromatic heterocycles. The third-order valence-electron chi connectivity index (χ3n) is 2.18. The molecule has 0 bridgehead atoms. The summed E-state index contributed by atoms with van der Waals surface area (Å²) >= 11 is 0. The zero-order valence-corrected chi connectivity index (χ0v) is 10.2. The molecule has 0 rings (SSSR count). The van der Waals surface area contributed by atoms with Crippen LogP contribution in [0.15, 0.2) is 0 Å². The summed E-state index contributed by atoms with van der Waals surface area (Å²) in [7, 11) is 0. The summed E-state index contributed by atoms with van der Waals surface area (Å²) in [5, 5.41) is 2.92. The van der Waals surface area contributed by atoms with Gasteiger partial charge in [0.15, 0.2) is 0 Å². The largest absolute Gasteiger partial charge is 0.423 e. The SMILES string of the molecule is CCNCCCC(C)OC(C(F)(F)F)C(F)(F)F. The molecule has 0 aliphatic rings. The third-order valence-corrected chi connectivity index (χ3v) is 2.18. The number of hydrogen-bond donors (Lipinski definition) is 1. The summed E-state index contributed by atoms with van der Waals surface area (Å²) in [6.45, 7) is 4.29. The van der Waals surface area contributed by atoms with Gasteiger partial charge in [-0.15, -0.1) is 0 Å². The molecule has 0 aliphatic heterocycles. The topological polar surface area (TPSA) is 21.3 Å². The Labute approximate surface area is 102 Å². The Kier molecular flexibility index (Phi) is 6.98. The minimum atomic E-state index is -5.44. The van der Waals surface area contributed by atoms with E-state index in [-0.39, 0.29) is 6.42 Å². The number of rotatable bonds is 7. The molecule has 0 aromatic carbocycles. The predicted octanol–water partition coefficient (Wildman–Crippen LogP) is 3.27. The van der Waals surface area contributed by atoms with Gasteiger partial charge >= 0.3 is 12.4 Å². The van der Waals surface area contributed by atoms with Crippen LogP contribution in [0.3, 0.4) is 0 Å². The molecule has 8 heteroatoms. The van der Waals surface area contributed by atoms with Gasteiger partial charge in [0.05, 0.1) is 6.10 Å². The molecule has 0 aliphatic carbocycles. The molecule has 18 heavy (non-hydrogen) atoms. The van der Waals surface area contributed by atoms with E-state index in [0.29, 0.717) is 19.5 Å². The van der Waals surface area contributed by atoms with Gasteiger partial charge in [0, 0.05) is 0 Å². The van der Waals surface area contributed by atoms with Crippen LogP contribution in [0.25, 0.3) is 0 Å². The van der Waals surface area contributed by atoms with E-state index in [2.05, 4.69) is 10.1 Å². The van der Waals surface area contributed by atoms with Gasteiger partial charge in [0.25, 0.3) is 0 Å². The van der Waals surface area contributed by atoms with E-state index in [0.717, 1.165) is 0 Å². The fraction of sp³-hybridized carbons (Fsp3) is 1.00. The zero-order valence-electron chi connectivity index (χ0n) is 10.2. The van der Waals surface area contributed by atoms with Gasteiger partial charge in [-0.2, -0.15) is 26.3 Å². The predicted molar refractivity (Wildman–Crippen MR) is 54.2 cm³/mol. The summed E-state index contributed by atoms with van der Waals surface area (Å²) < 4.78 is 77.1. The average Bonchev–Trinajstić information content (AvgIpc) is 2.18. The van der Waals surface area contributed by atoms with Crippen LogP contribution in [0.2, 0.25) is 0 Å². The monoisotopic (exact) mass is 281 g/mol. The van der Waals surface area contributed by atoms with Crippen LogP contribution in [0.4, 0.5) is 26.3 Å². The number of hydrogen-bond acceptors (Lipinski definition) is 2. The first-order chi connectivity index (χ1) is 8.09. The lowest BCUT2D eigenvalue weighted by atomic mass is 10.2.